The molecule has 1 aliphatic heterocycles. The molecule has 0 radical (unpaired) electrons. The molecule has 0 spiro atoms. The van der Waals surface area contributed by atoms with Crippen molar-refractivity contribution in [3.8, 4) is 11.5 Å². The fourth-order valence-corrected chi connectivity index (χ4v) is 5.65. The SMILES string of the molecule is CCSCCOC(=O)C1=C(C)NC2=C(C(=O)CC(c3ccc(OC)c(OC)c3)C2)C1c1ccc(C)cc1. The number of ether oxygens (including phenoxy) is 3. The molecule has 4 rings (SSSR count). The Kier molecular flexibility index (Phi) is 8.64. The van der Waals surface area contributed by atoms with Crippen LogP contribution in [0.3, 0.4) is 0 Å². The molecule has 0 fully saturated rings. The fourth-order valence-electron chi connectivity index (χ4n) is 5.16. The van der Waals surface area contributed by atoms with Crippen LogP contribution in [0.2, 0.25) is 0 Å². The van der Waals surface area contributed by atoms with Gasteiger partial charge < -0.3 is 19.5 Å². The predicted octanol–water partition coefficient (Wildman–Crippen LogP) is 5.67. The van der Waals surface area contributed by atoms with Crippen molar-refractivity contribution in [2.45, 2.75) is 45.4 Å². The molecule has 0 amide bonds. The van der Waals surface area contributed by atoms with E-state index in [1.165, 1.54) is 0 Å². The number of ketones is 1. The molecule has 0 saturated carbocycles. The number of dihydropyridines is 1. The van der Waals surface area contributed by atoms with Crippen LogP contribution < -0.4 is 14.8 Å². The number of rotatable bonds is 9. The lowest BCUT2D eigenvalue weighted by Gasteiger charge is -2.36. The molecule has 2 aromatic carbocycles. The normalized spacial score (nSPS) is 19.3. The van der Waals surface area contributed by atoms with Gasteiger partial charge in [0.1, 0.15) is 6.61 Å². The zero-order valence-electron chi connectivity index (χ0n) is 22.2. The van der Waals surface area contributed by atoms with E-state index in [-0.39, 0.29) is 17.7 Å². The van der Waals surface area contributed by atoms with E-state index >= 15 is 0 Å². The Balaban J connectivity index is 1.70. The van der Waals surface area contributed by atoms with Crippen molar-refractivity contribution in [1.82, 2.24) is 5.32 Å². The number of carbonyl (C=O) groups excluding carboxylic acids is 2. The second-order valence-corrected chi connectivity index (χ2v) is 10.8. The van der Waals surface area contributed by atoms with Crippen LogP contribution in [0.5, 0.6) is 11.5 Å². The van der Waals surface area contributed by atoms with E-state index in [9.17, 15) is 9.59 Å². The number of carbonyl (C=O) groups is 2. The first-order chi connectivity index (χ1) is 17.9. The Labute approximate surface area is 223 Å². The molecule has 1 heterocycles. The first kappa shape index (κ1) is 26.9. The Bertz CT molecular complexity index is 1230. The lowest BCUT2D eigenvalue weighted by molar-refractivity contribution is -0.138. The quantitative estimate of drug-likeness (QED) is 0.337. The molecule has 2 unspecified atom stereocenters. The molecule has 6 nitrogen and oxygen atoms in total. The smallest absolute Gasteiger partial charge is 0.336 e. The maximum atomic E-state index is 13.8. The Morgan fingerprint density at radius 1 is 1.00 bits per heavy atom. The molecule has 1 N–H and O–H groups in total. The highest BCUT2D eigenvalue weighted by Crippen LogP contribution is 2.46. The van der Waals surface area contributed by atoms with Gasteiger partial charge in [-0.05, 0) is 55.2 Å². The van der Waals surface area contributed by atoms with Gasteiger partial charge in [0, 0.05) is 35.1 Å². The lowest BCUT2D eigenvalue weighted by Crippen LogP contribution is -2.36. The number of benzene rings is 2. The maximum absolute atomic E-state index is 13.8. The van der Waals surface area contributed by atoms with E-state index in [4.69, 9.17) is 14.2 Å². The summed E-state index contributed by atoms with van der Waals surface area (Å²) in [5.74, 6) is 2.22. The van der Waals surface area contributed by atoms with Crippen LogP contribution in [0.4, 0.5) is 0 Å². The van der Waals surface area contributed by atoms with Gasteiger partial charge in [-0.2, -0.15) is 11.8 Å². The molecular formula is C30H35NO5S. The van der Waals surface area contributed by atoms with Gasteiger partial charge in [-0.15, -0.1) is 0 Å². The van der Waals surface area contributed by atoms with Crippen molar-refractivity contribution in [2.75, 3.05) is 32.3 Å². The molecule has 0 aromatic heterocycles. The summed E-state index contributed by atoms with van der Waals surface area (Å²) in [5.41, 5.74) is 5.86. The molecule has 2 aromatic rings. The van der Waals surface area contributed by atoms with Gasteiger partial charge in [0.15, 0.2) is 17.3 Å². The van der Waals surface area contributed by atoms with Crippen LogP contribution in [0.15, 0.2) is 65.0 Å². The van der Waals surface area contributed by atoms with E-state index in [1.54, 1.807) is 26.0 Å². The van der Waals surface area contributed by atoms with Crippen molar-refractivity contribution in [3.05, 3.63) is 81.7 Å². The highest BCUT2D eigenvalue weighted by molar-refractivity contribution is 7.99. The van der Waals surface area contributed by atoms with Crippen molar-refractivity contribution >= 4 is 23.5 Å². The fraction of sp³-hybridized carbons (Fsp3) is 0.400. The van der Waals surface area contributed by atoms with Gasteiger partial charge in [0.2, 0.25) is 0 Å². The minimum Gasteiger partial charge on any atom is -0.493 e. The number of methoxy groups -OCH3 is 2. The number of nitrogens with one attached hydrogen (secondary N) is 1. The summed E-state index contributed by atoms with van der Waals surface area (Å²) in [6.45, 7) is 6.34. The van der Waals surface area contributed by atoms with Crippen molar-refractivity contribution < 1.29 is 23.8 Å². The second-order valence-electron chi connectivity index (χ2n) is 9.38. The summed E-state index contributed by atoms with van der Waals surface area (Å²) >= 11 is 1.73. The van der Waals surface area contributed by atoms with Gasteiger partial charge in [-0.3, -0.25) is 4.79 Å². The highest BCUT2D eigenvalue weighted by Gasteiger charge is 2.41. The number of hydrogen-bond acceptors (Lipinski definition) is 7. The highest BCUT2D eigenvalue weighted by atomic mass is 32.2. The lowest BCUT2D eigenvalue weighted by atomic mass is 9.71. The maximum Gasteiger partial charge on any atom is 0.336 e. The topological polar surface area (TPSA) is 73.9 Å². The molecule has 196 valence electrons. The van der Waals surface area contributed by atoms with Crippen LogP contribution in [-0.4, -0.2) is 44.1 Å². The number of Topliss-reactive ketones (excluding diaryl/α,β-unsaturated/α-hetero) is 1. The molecule has 0 saturated heterocycles. The van der Waals surface area contributed by atoms with Gasteiger partial charge in [0.05, 0.1) is 19.8 Å². The van der Waals surface area contributed by atoms with E-state index in [1.807, 2.05) is 56.3 Å². The first-order valence-corrected chi connectivity index (χ1v) is 13.8. The van der Waals surface area contributed by atoms with E-state index in [2.05, 4.69) is 12.2 Å². The summed E-state index contributed by atoms with van der Waals surface area (Å²) in [4.78, 5) is 27.1. The van der Waals surface area contributed by atoms with Crippen LogP contribution in [0.1, 0.15) is 55.2 Å². The number of allylic oxidation sites excluding steroid dienone is 3. The monoisotopic (exact) mass is 521 g/mol. The minimum absolute atomic E-state index is 0.00964. The summed E-state index contributed by atoms with van der Waals surface area (Å²) in [7, 11) is 3.22. The third-order valence-electron chi connectivity index (χ3n) is 7.00. The second kappa shape index (κ2) is 11.9. The molecule has 7 heteroatoms. The Morgan fingerprint density at radius 3 is 2.38 bits per heavy atom. The number of hydrogen-bond donors (Lipinski definition) is 1. The van der Waals surface area contributed by atoms with Crippen molar-refractivity contribution in [3.63, 3.8) is 0 Å². The van der Waals surface area contributed by atoms with Gasteiger partial charge in [-0.25, -0.2) is 4.79 Å². The molecule has 2 atom stereocenters. The number of aryl methyl sites for hydroxylation is 1. The standard InChI is InChI=1S/C30H35NO5S/c1-6-37-14-13-36-30(33)27-19(3)31-23-15-22(21-11-12-25(34-4)26(17-21)35-5)16-24(32)29(23)28(27)20-9-7-18(2)8-10-20/h7-12,17,22,28,31H,6,13-16H2,1-5H3. The van der Waals surface area contributed by atoms with Gasteiger partial charge in [-0.1, -0.05) is 42.8 Å². The van der Waals surface area contributed by atoms with Gasteiger partial charge >= 0.3 is 5.97 Å². The van der Waals surface area contributed by atoms with Crippen LogP contribution in [0.25, 0.3) is 0 Å². The average Bonchev–Trinajstić information content (AvgIpc) is 2.90. The predicted molar refractivity (Wildman–Crippen MR) is 147 cm³/mol. The molecular weight excluding hydrogens is 486 g/mol. The largest absolute Gasteiger partial charge is 0.493 e. The molecule has 0 bridgehead atoms. The van der Waals surface area contributed by atoms with Crippen molar-refractivity contribution in [2.24, 2.45) is 0 Å². The molecule has 37 heavy (non-hydrogen) atoms. The summed E-state index contributed by atoms with van der Waals surface area (Å²) in [6.07, 6.45) is 1.01. The summed E-state index contributed by atoms with van der Waals surface area (Å²) < 4.78 is 16.5. The molecule has 2 aliphatic rings. The Morgan fingerprint density at radius 2 is 1.70 bits per heavy atom. The van der Waals surface area contributed by atoms with E-state index < -0.39 is 5.92 Å². The van der Waals surface area contributed by atoms with E-state index in [0.29, 0.717) is 42.1 Å². The van der Waals surface area contributed by atoms with Gasteiger partial charge in [0.25, 0.3) is 0 Å². The van der Waals surface area contributed by atoms with Crippen molar-refractivity contribution in [1.29, 1.82) is 0 Å². The average molecular weight is 522 g/mol. The summed E-state index contributed by atoms with van der Waals surface area (Å²) in [6, 6.07) is 13.9. The number of thioether (sulfide) groups is 1. The van der Waals surface area contributed by atoms with E-state index in [0.717, 1.165) is 39.6 Å². The molecule has 1 aliphatic carbocycles. The Hall–Kier alpha value is -3.19. The minimum atomic E-state index is -0.456. The zero-order valence-corrected chi connectivity index (χ0v) is 23.0. The summed E-state index contributed by atoms with van der Waals surface area (Å²) in [5, 5.41) is 3.42. The van der Waals surface area contributed by atoms with Crippen LogP contribution >= 0.6 is 11.8 Å². The zero-order chi connectivity index (χ0) is 26.5. The number of esters is 1. The third-order valence-corrected chi connectivity index (χ3v) is 7.87. The third kappa shape index (κ3) is 5.72. The van der Waals surface area contributed by atoms with Crippen LogP contribution in [-0.2, 0) is 14.3 Å². The van der Waals surface area contributed by atoms with Crippen LogP contribution in [0, 0.1) is 6.92 Å². The first-order valence-electron chi connectivity index (χ1n) is 12.6.